The molecule has 1 aromatic heterocycles. The number of halogens is 3. The molecule has 1 saturated heterocycles. The molecule has 4 rings (SSSR count). The summed E-state index contributed by atoms with van der Waals surface area (Å²) in [6.07, 6.45) is -2.18. The van der Waals surface area contributed by atoms with Crippen LogP contribution in [0.25, 0.3) is 0 Å². The zero-order valence-corrected chi connectivity index (χ0v) is 31.0. The fourth-order valence-corrected chi connectivity index (χ4v) is 7.29. The molecule has 0 spiro atoms. The molecule has 0 saturated carbocycles. The number of hydrogen-bond acceptors (Lipinski definition) is 10. The van der Waals surface area contributed by atoms with E-state index >= 15 is 0 Å². The molecule has 2 N–H and O–H groups in total. The van der Waals surface area contributed by atoms with Crippen LogP contribution in [0.3, 0.4) is 0 Å². The first-order chi connectivity index (χ1) is 24.8. The number of nitrogens with zero attached hydrogens (tertiary/aromatic N) is 3. The molecule has 53 heavy (non-hydrogen) atoms. The molecule has 0 radical (unpaired) electrons. The van der Waals surface area contributed by atoms with Crippen LogP contribution in [0.2, 0.25) is 0 Å². The third-order valence-electron chi connectivity index (χ3n) is 8.30. The third-order valence-corrected chi connectivity index (χ3v) is 10.1. The first kappa shape index (κ1) is 41.3. The number of anilines is 1. The number of aromatic nitrogens is 1. The number of alkyl halides is 3. The second kappa shape index (κ2) is 17.6. The summed E-state index contributed by atoms with van der Waals surface area (Å²) in [6.45, 7) is 7.10. The van der Waals surface area contributed by atoms with Gasteiger partial charge in [0, 0.05) is 44.4 Å². The van der Waals surface area contributed by atoms with E-state index in [0.29, 0.717) is 31.6 Å². The van der Waals surface area contributed by atoms with Gasteiger partial charge in [0.25, 0.3) is 0 Å². The Morgan fingerprint density at radius 2 is 1.79 bits per heavy atom. The van der Waals surface area contributed by atoms with Crippen LogP contribution < -0.4 is 20.3 Å². The second-order valence-corrected chi connectivity index (χ2v) is 15.7. The fourth-order valence-electron chi connectivity index (χ4n) is 5.73. The van der Waals surface area contributed by atoms with Crippen molar-refractivity contribution >= 4 is 39.7 Å². The van der Waals surface area contributed by atoms with Gasteiger partial charge in [-0.1, -0.05) is 12.1 Å². The Bertz CT molecular complexity index is 1740. The maximum atomic E-state index is 13.0. The summed E-state index contributed by atoms with van der Waals surface area (Å²) in [5, 5.41) is 5.41. The molecule has 0 aliphatic carbocycles. The molecule has 2 aromatic rings. The Hall–Kier alpha value is -4.45. The van der Waals surface area contributed by atoms with Crippen LogP contribution in [0.4, 0.5) is 23.8 Å². The summed E-state index contributed by atoms with van der Waals surface area (Å²) in [7, 11) is -4.22. The van der Waals surface area contributed by atoms with Crippen LogP contribution in [0.15, 0.2) is 41.3 Å². The fraction of sp³-hybridized carbons (Fsp3) is 0.571. The number of ether oxygens (including phenoxy) is 3. The average Bonchev–Trinajstić information content (AvgIpc) is 3.03. The molecule has 18 heteroatoms. The van der Waals surface area contributed by atoms with E-state index in [1.54, 1.807) is 11.8 Å². The number of hydrogen-bond donors (Lipinski definition) is 2. The van der Waals surface area contributed by atoms with Gasteiger partial charge in [-0.3, -0.25) is 19.3 Å². The Morgan fingerprint density at radius 3 is 2.47 bits per heavy atom. The summed E-state index contributed by atoms with van der Waals surface area (Å²) >= 11 is 0. The SMILES string of the molecule is CCOC(=O)CC(CNC(=O)CCCCc1ccc2c(n1)N(C(=O)OC(C)(C)C)CCC2)NC(=O)C1CN(S(=O)(=O)c2cccc(OC(F)(F)F)c2)C1. The Balaban J connectivity index is 1.25. The molecule has 1 unspecified atom stereocenters. The van der Waals surface area contributed by atoms with E-state index in [0.717, 1.165) is 52.7 Å². The van der Waals surface area contributed by atoms with Crippen molar-refractivity contribution in [3.63, 3.8) is 0 Å². The minimum absolute atomic E-state index is 0.0863. The number of esters is 1. The quantitative estimate of drug-likeness (QED) is 0.197. The van der Waals surface area contributed by atoms with Crippen molar-refractivity contribution < 1.29 is 55.0 Å². The molecule has 292 valence electrons. The standard InChI is InChI=1S/C35H46F3N5O9S/c1-5-50-30(45)18-26(41-32(46)24-21-42(22-24)53(48,49)28-13-8-12-27(19-28)51-35(36,37)38)20-39-29(44)14-7-6-11-25-16-15-23-10-9-17-43(31(23)40-25)33(47)52-34(2,3)4/h8,12-13,15-16,19,24,26H,5-7,9-11,14,17-18,20-22H2,1-4H3,(H,39,44)(H,41,46). The molecule has 2 aliphatic rings. The molecule has 1 aromatic carbocycles. The van der Waals surface area contributed by atoms with Crippen LogP contribution in [0.5, 0.6) is 5.75 Å². The van der Waals surface area contributed by atoms with Crippen LogP contribution in [-0.4, -0.2) is 92.4 Å². The van der Waals surface area contributed by atoms with Gasteiger partial charge in [-0.15, -0.1) is 13.2 Å². The first-order valence-electron chi connectivity index (χ1n) is 17.4. The van der Waals surface area contributed by atoms with Crippen molar-refractivity contribution in [2.45, 2.75) is 95.5 Å². The number of carbonyl (C=O) groups is 4. The van der Waals surface area contributed by atoms with Crippen molar-refractivity contribution in [3.8, 4) is 5.75 Å². The number of amides is 3. The molecular weight excluding hydrogens is 723 g/mol. The lowest BCUT2D eigenvalue weighted by Gasteiger charge is -2.37. The van der Waals surface area contributed by atoms with E-state index in [2.05, 4.69) is 15.4 Å². The number of rotatable bonds is 15. The lowest BCUT2D eigenvalue weighted by Crippen LogP contribution is -2.57. The Morgan fingerprint density at radius 1 is 1.06 bits per heavy atom. The third kappa shape index (κ3) is 12.3. The van der Waals surface area contributed by atoms with Crippen molar-refractivity contribution in [2.75, 3.05) is 37.7 Å². The molecule has 2 aliphatic heterocycles. The minimum Gasteiger partial charge on any atom is -0.466 e. The van der Waals surface area contributed by atoms with Crippen LogP contribution in [-0.2, 0) is 46.7 Å². The summed E-state index contributed by atoms with van der Waals surface area (Å²) < 4.78 is 79.1. The van der Waals surface area contributed by atoms with Gasteiger partial charge in [-0.2, -0.15) is 4.31 Å². The van der Waals surface area contributed by atoms with E-state index in [4.69, 9.17) is 14.5 Å². The molecule has 14 nitrogen and oxygen atoms in total. The number of pyridine rings is 1. The van der Waals surface area contributed by atoms with E-state index in [9.17, 15) is 40.8 Å². The van der Waals surface area contributed by atoms with E-state index in [1.807, 2.05) is 32.9 Å². The molecule has 1 fully saturated rings. The number of aryl methyl sites for hydroxylation is 2. The van der Waals surface area contributed by atoms with Crippen molar-refractivity contribution in [2.24, 2.45) is 5.92 Å². The highest BCUT2D eigenvalue weighted by Crippen LogP contribution is 2.30. The molecule has 3 amide bonds. The second-order valence-electron chi connectivity index (χ2n) is 13.8. The van der Waals surface area contributed by atoms with Gasteiger partial charge in [0.15, 0.2) is 0 Å². The van der Waals surface area contributed by atoms with Crippen LogP contribution in [0, 0.1) is 5.92 Å². The number of fused-ring (bicyclic) bond motifs is 1. The van der Waals surface area contributed by atoms with Gasteiger partial charge >= 0.3 is 18.4 Å². The zero-order valence-electron chi connectivity index (χ0n) is 30.2. The van der Waals surface area contributed by atoms with Gasteiger partial charge in [-0.25, -0.2) is 18.2 Å². The lowest BCUT2D eigenvalue weighted by atomic mass is 10.0. The summed E-state index contributed by atoms with van der Waals surface area (Å²) in [5.74, 6) is -2.37. The smallest absolute Gasteiger partial charge is 0.466 e. The predicted octanol–water partition coefficient (Wildman–Crippen LogP) is 4.26. The molecule has 1 atom stereocenters. The number of carbonyl (C=O) groups excluding carboxylic acids is 4. The molecular formula is C35H46F3N5O9S. The predicted molar refractivity (Wildman–Crippen MR) is 185 cm³/mol. The maximum absolute atomic E-state index is 13.0. The first-order valence-corrected chi connectivity index (χ1v) is 18.9. The van der Waals surface area contributed by atoms with Gasteiger partial charge in [0.05, 0.1) is 29.9 Å². The summed E-state index contributed by atoms with van der Waals surface area (Å²) in [5.41, 5.74) is 1.11. The number of nitrogens with one attached hydrogen (secondary N) is 2. The number of unbranched alkanes of at least 4 members (excludes halogenated alkanes) is 1. The van der Waals surface area contributed by atoms with Crippen molar-refractivity contribution in [1.29, 1.82) is 0 Å². The van der Waals surface area contributed by atoms with Gasteiger partial charge in [-0.05, 0) is 83.6 Å². The van der Waals surface area contributed by atoms with Crippen molar-refractivity contribution in [1.82, 2.24) is 19.9 Å². The average molecular weight is 770 g/mol. The Labute approximate surface area is 306 Å². The molecule has 3 heterocycles. The van der Waals surface area contributed by atoms with E-state index in [-0.39, 0.29) is 45.0 Å². The highest BCUT2D eigenvalue weighted by atomic mass is 32.2. The van der Waals surface area contributed by atoms with E-state index < -0.39 is 62.6 Å². The normalized spacial score (nSPS) is 15.8. The zero-order chi connectivity index (χ0) is 39.0. The topological polar surface area (TPSA) is 174 Å². The lowest BCUT2D eigenvalue weighted by molar-refractivity contribution is -0.274. The van der Waals surface area contributed by atoms with Gasteiger partial charge in [0.2, 0.25) is 21.8 Å². The summed E-state index contributed by atoms with van der Waals surface area (Å²) in [4.78, 5) is 56.6. The largest absolute Gasteiger partial charge is 0.573 e. The Kier molecular flexibility index (Phi) is 13.7. The monoisotopic (exact) mass is 769 g/mol. The van der Waals surface area contributed by atoms with Crippen molar-refractivity contribution in [3.05, 3.63) is 47.7 Å². The van der Waals surface area contributed by atoms with E-state index in [1.165, 1.54) is 0 Å². The van der Waals surface area contributed by atoms with Gasteiger partial charge < -0.3 is 24.8 Å². The number of sulfonamides is 1. The highest BCUT2D eigenvalue weighted by molar-refractivity contribution is 7.89. The van der Waals surface area contributed by atoms with Crippen LogP contribution in [0.1, 0.15) is 71.1 Å². The number of benzene rings is 1. The summed E-state index contributed by atoms with van der Waals surface area (Å²) in [6, 6.07) is 6.99. The highest BCUT2D eigenvalue weighted by Gasteiger charge is 2.41. The van der Waals surface area contributed by atoms with Crippen LogP contribution >= 0.6 is 0 Å². The molecule has 0 bridgehead atoms. The minimum atomic E-state index is -5.00. The van der Waals surface area contributed by atoms with Gasteiger partial charge in [0.1, 0.15) is 17.2 Å². The maximum Gasteiger partial charge on any atom is 0.573 e.